The van der Waals surface area contributed by atoms with E-state index in [4.69, 9.17) is 0 Å². The Morgan fingerprint density at radius 1 is 1.29 bits per heavy atom. The molecule has 0 bridgehead atoms. The SMILES string of the molecule is CC(C)(C)c1ccc2ncc(Br)n2c1. The van der Waals surface area contributed by atoms with E-state index in [-0.39, 0.29) is 5.41 Å². The van der Waals surface area contributed by atoms with E-state index in [1.54, 1.807) is 0 Å². The molecule has 0 fully saturated rings. The third-order valence-corrected chi connectivity index (χ3v) is 2.91. The molecule has 0 aliphatic heterocycles. The summed E-state index contributed by atoms with van der Waals surface area (Å²) in [7, 11) is 0. The largest absolute Gasteiger partial charge is 0.294 e. The molecule has 2 aromatic heterocycles. The Hall–Kier alpha value is -0.830. The van der Waals surface area contributed by atoms with Crippen molar-refractivity contribution in [1.82, 2.24) is 9.38 Å². The van der Waals surface area contributed by atoms with Gasteiger partial charge < -0.3 is 0 Å². The highest BCUT2D eigenvalue weighted by Gasteiger charge is 2.14. The molecule has 0 aromatic carbocycles. The lowest BCUT2D eigenvalue weighted by Crippen LogP contribution is -2.11. The van der Waals surface area contributed by atoms with Gasteiger partial charge in [0.25, 0.3) is 0 Å². The molecule has 0 amide bonds. The van der Waals surface area contributed by atoms with Crippen LogP contribution in [0.3, 0.4) is 0 Å². The van der Waals surface area contributed by atoms with E-state index in [0.717, 1.165) is 10.3 Å². The molecule has 0 spiro atoms. The van der Waals surface area contributed by atoms with Gasteiger partial charge in [-0.25, -0.2) is 4.98 Å². The molecule has 0 N–H and O–H groups in total. The van der Waals surface area contributed by atoms with Crippen LogP contribution in [0.2, 0.25) is 0 Å². The molecule has 2 heterocycles. The fourth-order valence-corrected chi connectivity index (χ4v) is 1.78. The van der Waals surface area contributed by atoms with Crippen LogP contribution in [0.25, 0.3) is 5.65 Å². The van der Waals surface area contributed by atoms with Gasteiger partial charge in [0.2, 0.25) is 0 Å². The number of rotatable bonds is 0. The zero-order valence-electron chi connectivity index (χ0n) is 8.58. The summed E-state index contributed by atoms with van der Waals surface area (Å²) in [6, 6.07) is 4.18. The van der Waals surface area contributed by atoms with Crippen LogP contribution in [0, 0.1) is 0 Å². The number of fused-ring (bicyclic) bond motifs is 1. The monoisotopic (exact) mass is 252 g/mol. The lowest BCUT2D eigenvalue weighted by Gasteiger charge is -2.18. The summed E-state index contributed by atoms with van der Waals surface area (Å²) < 4.78 is 3.05. The van der Waals surface area contributed by atoms with Gasteiger partial charge in [0.15, 0.2) is 0 Å². The molecule has 0 atom stereocenters. The Balaban J connectivity index is 2.66. The van der Waals surface area contributed by atoms with E-state index in [1.165, 1.54) is 5.56 Å². The summed E-state index contributed by atoms with van der Waals surface area (Å²) in [5.41, 5.74) is 2.46. The van der Waals surface area contributed by atoms with Gasteiger partial charge in [0, 0.05) is 6.20 Å². The molecule has 0 aliphatic carbocycles. The fourth-order valence-electron chi connectivity index (χ4n) is 1.39. The third kappa shape index (κ3) is 1.57. The molecule has 0 unspecified atom stereocenters. The van der Waals surface area contributed by atoms with Gasteiger partial charge in [-0.2, -0.15) is 0 Å². The van der Waals surface area contributed by atoms with Crippen molar-refractivity contribution < 1.29 is 0 Å². The quantitative estimate of drug-likeness (QED) is 0.703. The van der Waals surface area contributed by atoms with Crippen LogP contribution in [0.5, 0.6) is 0 Å². The van der Waals surface area contributed by atoms with E-state index >= 15 is 0 Å². The second-order valence-electron chi connectivity index (χ2n) is 4.48. The number of imidazole rings is 1. The van der Waals surface area contributed by atoms with E-state index in [9.17, 15) is 0 Å². The summed E-state index contributed by atoms with van der Waals surface area (Å²) in [6.45, 7) is 6.62. The highest BCUT2D eigenvalue weighted by Crippen LogP contribution is 2.23. The summed E-state index contributed by atoms with van der Waals surface area (Å²) in [4.78, 5) is 4.26. The van der Waals surface area contributed by atoms with Crippen LogP contribution in [0.4, 0.5) is 0 Å². The first-order chi connectivity index (χ1) is 6.48. The van der Waals surface area contributed by atoms with Crippen molar-refractivity contribution in [2.24, 2.45) is 0 Å². The minimum absolute atomic E-state index is 0.178. The van der Waals surface area contributed by atoms with Crippen molar-refractivity contribution in [2.75, 3.05) is 0 Å². The third-order valence-electron chi connectivity index (χ3n) is 2.33. The van der Waals surface area contributed by atoms with Crippen molar-refractivity contribution >= 4 is 21.6 Å². The Morgan fingerprint density at radius 3 is 2.64 bits per heavy atom. The maximum absolute atomic E-state index is 4.26. The Bertz CT molecular complexity index is 466. The predicted octanol–water partition coefficient (Wildman–Crippen LogP) is 3.39. The van der Waals surface area contributed by atoms with Crippen molar-refractivity contribution in [2.45, 2.75) is 26.2 Å². The van der Waals surface area contributed by atoms with Gasteiger partial charge >= 0.3 is 0 Å². The second-order valence-corrected chi connectivity index (χ2v) is 5.29. The first-order valence-corrected chi connectivity index (χ1v) is 5.41. The maximum atomic E-state index is 4.26. The standard InChI is InChI=1S/C11H13BrN2/c1-11(2,3)8-4-5-10-13-6-9(12)14(10)7-8/h4-7H,1-3H3. The molecule has 14 heavy (non-hydrogen) atoms. The highest BCUT2D eigenvalue weighted by atomic mass is 79.9. The smallest absolute Gasteiger partial charge is 0.137 e. The minimum atomic E-state index is 0.178. The van der Waals surface area contributed by atoms with Gasteiger partial charge in [0.1, 0.15) is 10.3 Å². The zero-order chi connectivity index (χ0) is 10.3. The maximum Gasteiger partial charge on any atom is 0.137 e. The average molecular weight is 253 g/mol. The van der Waals surface area contributed by atoms with Gasteiger partial charge in [-0.3, -0.25) is 4.40 Å². The molecule has 2 rings (SSSR count). The number of pyridine rings is 1. The summed E-state index contributed by atoms with van der Waals surface area (Å²) in [6.07, 6.45) is 3.95. The van der Waals surface area contributed by atoms with Gasteiger partial charge in [-0.1, -0.05) is 26.8 Å². The second kappa shape index (κ2) is 3.09. The van der Waals surface area contributed by atoms with Crippen molar-refractivity contribution in [3.63, 3.8) is 0 Å². The number of aromatic nitrogens is 2. The highest BCUT2D eigenvalue weighted by molar-refractivity contribution is 9.10. The van der Waals surface area contributed by atoms with Gasteiger partial charge in [0.05, 0.1) is 6.20 Å². The Kier molecular flexibility index (Phi) is 2.14. The van der Waals surface area contributed by atoms with Crippen LogP contribution >= 0.6 is 15.9 Å². The first kappa shape index (κ1) is 9.71. The van der Waals surface area contributed by atoms with Crippen LogP contribution in [-0.4, -0.2) is 9.38 Å². The zero-order valence-corrected chi connectivity index (χ0v) is 10.2. The normalized spacial score (nSPS) is 12.3. The van der Waals surface area contributed by atoms with E-state index in [0.29, 0.717) is 0 Å². The van der Waals surface area contributed by atoms with E-state index in [1.807, 2.05) is 12.3 Å². The number of hydrogen-bond donors (Lipinski definition) is 0. The summed E-state index contributed by atoms with van der Waals surface area (Å²) in [5.74, 6) is 0. The number of nitrogens with zero attached hydrogens (tertiary/aromatic N) is 2. The number of halogens is 1. The van der Waals surface area contributed by atoms with Crippen LogP contribution in [-0.2, 0) is 5.41 Å². The van der Waals surface area contributed by atoms with Gasteiger partial charge in [-0.15, -0.1) is 0 Å². The van der Waals surface area contributed by atoms with Crippen LogP contribution in [0.1, 0.15) is 26.3 Å². The molecule has 0 saturated carbocycles. The van der Waals surface area contributed by atoms with E-state index < -0.39 is 0 Å². The van der Waals surface area contributed by atoms with Crippen LogP contribution < -0.4 is 0 Å². The molecule has 0 saturated heterocycles. The molecule has 0 aliphatic rings. The number of hydrogen-bond acceptors (Lipinski definition) is 1. The summed E-state index contributed by atoms with van der Waals surface area (Å²) in [5, 5.41) is 0. The van der Waals surface area contributed by atoms with Crippen LogP contribution in [0.15, 0.2) is 29.1 Å². The minimum Gasteiger partial charge on any atom is -0.294 e. The average Bonchev–Trinajstić information content (AvgIpc) is 2.46. The van der Waals surface area contributed by atoms with Crippen molar-refractivity contribution in [1.29, 1.82) is 0 Å². The lowest BCUT2D eigenvalue weighted by atomic mass is 9.88. The van der Waals surface area contributed by atoms with Crippen molar-refractivity contribution in [3.05, 3.63) is 34.7 Å². The van der Waals surface area contributed by atoms with E-state index in [2.05, 4.69) is 58.3 Å². The molecule has 2 nitrogen and oxygen atoms in total. The topological polar surface area (TPSA) is 17.3 Å². The Labute approximate surface area is 92.1 Å². The lowest BCUT2D eigenvalue weighted by molar-refractivity contribution is 0.586. The van der Waals surface area contributed by atoms with Crippen molar-refractivity contribution in [3.8, 4) is 0 Å². The first-order valence-electron chi connectivity index (χ1n) is 4.61. The predicted molar refractivity (Wildman–Crippen MR) is 61.6 cm³/mol. The Morgan fingerprint density at radius 2 is 2.00 bits per heavy atom. The molecular formula is C11H13BrN2. The molecular weight excluding hydrogens is 240 g/mol. The molecule has 3 heteroatoms. The molecule has 2 aromatic rings. The fraction of sp³-hybridized carbons (Fsp3) is 0.364. The summed E-state index contributed by atoms with van der Waals surface area (Å²) >= 11 is 3.47. The van der Waals surface area contributed by atoms with Gasteiger partial charge in [-0.05, 0) is 33.0 Å². The molecule has 0 radical (unpaired) electrons. The molecule has 74 valence electrons.